The summed E-state index contributed by atoms with van der Waals surface area (Å²) in [5.74, 6) is 0.334. The Morgan fingerprint density at radius 2 is 1.36 bits per heavy atom. The molecule has 2 unspecified atom stereocenters. The number of nitrogens with zero attached hydrogens (tertiary/aromatic N) is 2. The molecule has 44 heavy (non-hydrogen) atoms. The van der Waals surface area contributed by atoms with E-state index in [4.69, 9.17) is 4.74 Å². The summed E-state index contributed by atoms with van der Waals surface area (Å²) in [7, 11) is -4.17. The molecule has 0 aliphatic carbocycles. The molecular formula is C35H39N3O5S. The second-order valence-electron chi connectivity index (χ2n) is 10.7. The summed E-state index contributed by atoms with van der Waals surface area (Å²) in [4.78, 5) is 28.8. The van der Waals surface area contributed by atoms with Crippen molar-refractivity contribution in [1.29, 1.82) is 0 Å². The minimum absolute atomic E-state index is 0.0534. The van der Waals surface area contributed by atoms with Gasteiger partial charge in [-0.3, -0.25) is 13.9 Å². The van der Waals surface area contributed by atoms with Crippen molar-refractivity contribution in [3.63, 3.8) is 0 Å². The third kappa shape index (κ3) is 8.26. The molecule has 0 saturated heterocycles. The number of carbonyl (C=O) groups is 2. The van der Waals surface area contributed by atoms with Crippen LogP contribution in [0.15, 0.2) is 114 Å². The number of sulfonamides is 1. The van der Waals surface area contributed by atoms with Crippen LogP contribution in [0.25, 0.3) is 0 Å². The van der Waals surface area contributed by atoms with Gasteiger partial charge >= 0.3 is 0 Å². The fourth-order valence-electron chi connectivity index (χ4n) is 4.50. The largest absolute Gasteiger partial charge is 0.457 e. The molecule has 0 heterocycles. The van der Waals surface area contributed by atoms with Gasteiger partial charge in [-0.25, -0.2) is 8.42 Å². The van der Waals surface area contributed by atoms with Crippen molar-refractivity contribution in [1.82, 2.24) is 10.2 Å². The summed E-state index contributed by atoms with van der Waals surface area (Å²) in [6.07, 6.45) is 0.734. The average Bonchev–Trinajstić information content (AvgIpc) is 3.03. The van der Waals surface area contributed by atoms with Gasteiger partial charge in [-0.2, -0.15) is 0 Å². The van der Waals surface area contributed by atoms with Crippen molar-refractivity contribution in [2.45, 2.75) is 57.6 Å². The molecule has 0 aliphatic heterocycles. The van der Waals surface area contributed by atoms with Crippen molar-refractivity contribution >= 4 is 27.5 Å². The fourth-order valence-corrected chi connectivity index (χ4v) is 5.91. The molecule has 0 fully saturated rings. The first kappa shape index (κ1) is 32.3. The second kappa shape index (κ2) is 14.7. The van der Waals surface area contributed by atoms with Crippen LogP contribution in [0.1, 0.15) is 38.3 Å². The first-order chi connectivity index (χ1) is 21.1. The van der Waals surface area contributed by atoms with Gasteiger partial charge in [0, 0.05) is 12.6 Å². The first-order valence-corrected chi connectivity index (χ1v) is 16.1. The predicted octanol–water partition coefficient (Wildman–Crippen LogP) is 6.31. The zero-order valence-corrected chi connectivity index (χ0v) is 26.3. The number of para-hydroxylation sites is 1. The minimum Gasteiger partial charge on any atom is -0.457 e. The van der Waals surface area contributed by atoms with Crippen molar-refractivity contribution in [2.24, 2.45) is 0 Å². The van der Waals surface area contributed by atoms with Crippen LogP contribution in [-0.4, -0.2) is 43.8 Å². The number of rotatable bonds is 13. The van der Waals surface area contributed by atoms with E-state index in [1.54, 1.807) is 43.3 Å². The zero-order chi connectivity index (χ0) is 31.7. The molecule has 1 N–H and O–H groups in total. The van der Waals surface area contributed by atoms with Gasteiger partial charge in [0.2, 0.25) is 11.8 Å². The number of hydrogen-bond acceptors (Lipinski definition) is 5. The van der Waals surface area contributed by atoms with E-state index >= 15 is 0 Å². The van der Waals surface area contributed by atoms with Gasteiger partial charge in [0.25, 0.3) is 10.0 Å². The topological polar surface area (TPSA) is 96.0 Å². The highest BCUT2D eigenvalue weighted by Gasteiger charge is 2.32. The number of anilines is 1. The summed E-state index contributed by atoms with van der Waals surface area (Å²) in [6.45, 7) is 7.02. The Morgan fingerprint density at radius 3 is 1.95 bits per heavy atom. The van der Waals surface area contributed by atoms with E-state index in [1.807, 2.05) is 81.4 Å². The maximum atomic E-state index is 14.1. The molecule has 4 rings (SSSR count). The summed E-state index contributed by atoms with van der Waals surface area (Å²) in [6, 6.07) is 30.7. The number of ether oxygens (including phenoxy) is 1. The third-order valence-corrected chi connectivity index (χ3v) is 9.14. The third-order valence-electron chi connectivity index (χ3n) is 7.36. The Labute approximate surface area is 260 Å². The minimum atomic E-state index is -4.17. The van der Waals surface area contributed by atoms with Gasteiger partial charge in [-0.15, -0.1) is 0 Å². The molecule has 0 aromatic heterocycles. The number of amides is 2. The van der Waals surface area contributed by atoms with Crippen molar-refractivity contribution in [3.8, 4) is 11.5 Å². The monoisotopic (exact) mass is 613 g/mol. The van der Waals surface area contributed by atoms with Crippen LogP contribution >= 0.6 is 0 Å². The fraction of sp³-hybridized carbons (Fsp3) is 0.257. The molecule has 4 aromatic rings. The molecule has 4 aromatic carbocycles. The number of nitrogens with one attached hydrogen (secondary N) is 1. The van der Waals surface area contributed by atoms with Crippen LogP contribution < -0.4 is 14.4 Å². The van der Waals surface area contributed by atoms with E-state index in [0.29, 0.717) is 11.5 Å². The molecule has 2 atom stereocenters. The quantitative estimate of drug-likeness (QED) is 0.191. The predicted molar refractivity (Wildman–Crippen MR) is 173 cm³/mol. The molecule has 0 spiro atoms. The number of aryl methyl sites for hydroxylation is 1. The van der Waals surface area contributed by atoms with E-state index < -0.39 is 28.5 Å². The van der Waals surface area contributed by atoms with Crippen molar-refractivity contribution in [3.05, 3.63) is 120 Å². The van der Waals surface area contributed by atoms with Gasteiger partial charge in [-0.05, 0) is 81.3 Å². The highest BCUT2D eigenvalue weighted by atomic mass is 32.2. The maximum Gasteiger partial charge on any atom is 0.264 e. The van der Waals surface area contributed by atoms with E-state index in [0.717, 1.165) is 21.9 Å². The number of benzene rings is 4. The standard InChI is InChI=1S/C35H39N3O5S/c1-5-27(3)36-35(40)28(4)37(24-29-12-8-6-9-13-29)34(39)25-38(44(41,42)33-22-16-26(2)17-23-33)30-18-20-32(21-19-30)43-31-14-10-7-11-15-31/h6-23,27-28H,5,24-25H2,1-4H3,(H,36,40). The lowest BCUT2D eigenvalue weighted by Crippen LogP contribution is -2.52. The van der Waals surface area contributed by atoms with E-state index in [9.17, 15) is 18.0 Å². The summed E-state index contributed by atoms with van der Waals surface area (Å²) in [5, 5.41) is 2.94. The molecular weight excluding hydrogens is 574 g/mol. The molecule has 0 bridgehead atoms. The van der Waals surface area contributed by atoms with Gasteiger partial charge < -0.3 is 15.0 Å². The SMILES string of the molecule is CCC(C)NC(=O)C(C)N(Cc1ccccc1)C(=O)CN(c1ccc(Oc2ccccc2)cc1)S(=O)(=O)c1ccc(C)cc1. The lowest BCUT2D eigenvalue weighted by atomic mass is 10.1. The van der Waals surface area contributed by atoms with Crippen LogP contribution in [0.5, 0.6) is 11.5 Å². The smallest absolute Gasteiger partial charge is 0.264 e. The molecule has 2 amide bonds. The van der Waals surface area contributed by atoms with Gasteiger partial charge in [0.05, 0.1) is 10.6 Å². The Bertz CT molecular complexity index is 1630. The molecule has 8 nitrogen and oxygen atoms in total. The molecule has 230 valence electrons. The molecule has 0 radical (unpaired) electrons. The van der Waals surface area contributed by atoms with E-state index in [-0.39, 0.29) is 29.1 Å². The van der Waals surface area contributed by atoms with Crippen LogP contribution in [0, 0.1) is 6.92 Å². The Kier molecular flexibility index (Phi) is 10.8. The second-order valence-corrected chi connectivity index (χ2v) is 12.6. The summed E-state index contributed by atoms with van der Waals surface area (Å²) < 4.78 is 35.1. The van der Waals surface area contributed by atoms with Gasteiger partial charge in [-0.1, -0.05) is 73.2 Å². The van der Waals surface area contributed by atoms with Crippen molar-refractivity contribution < 1.29 is 22.7 Å². The summed E-state index contributed by atoms with van der Waals surface area (Å²) in [5.41, 5.74) is 2.01. The Balaban J connectivity index is 1.69. The normalized spacial score (nSPS) is 12.5. The molecule has 9 heteroatoms. The Hall–Kier alpha value is -4.63. The van der Waals surface area contributed by atoms with E-state index in [2.05, 4.69) is 5.32 Å². The summed E-state index contributed by atoms with van der Waals surface area (Å²) >= 11 is 0. The lowest BCUT2D eigenvalue weighted by Gasteiger charge is -2.32. The van der Waals surface area contributed by atoms with Crippen LogP contribution in [0.3, 0.4) is 0 Å². The van der Waals surface area contributed by atoms with Gasteiger partial charge in [0.15, 0.2) is 0 Å². The maximum absolute atomic E-state index is 14.1. The van der Waals surface area contributed by atoms with Crippen LogP contribution in [0.4, 0.5) is 5.69 Å². The highest BCUT2D eigenvalue weighted by molar-refractivity contribution is 7.92. The lowest BCUT2D eigenvalue weighted by molar-refractivity contribution is -0.139. The average molecular weight is 614 g/mol. The Morgan fingerprint density at radius 1 is 0.795 bits per heavy atom. The highest BCUT2D eigenvalue weighted by Crippen LogP contribution is 2.28. The molecule has 0 aliphatic rings. The first-order valence-electron chi connectivity index (χ1n) is 14.6. The number of hydrogen-bond donors (Lipinski definition) is 1. The van der Waals surface area contributed by atoms with Crippen LogP contribution in [-0.2, 0) is 26.2 Å². The number of carbonyl (C=O) groups excluding carboxylic acids is 2. The molecule has 0 saturated carbocycles. The van der Waals surface area contributed by atoms with Crippen molar-refractivity contribution in [2.75, 3.05) is 10.8 Å². The van der Waals surface area contributed by atoms with E-state index in [1.165, 1.54) is 17.0 Å². The van der Waals surface area contributed by atoms with Gasteiger partial charge in [0.1, 0.15) is 24.1 Å². The zero-order valence-electron chi connectivity index (χ0n) is 25.5. The van der Waals surface area contributed by atoms with Crippen LogP contribution in [0.2, 0.25) is 0 Å².